The molecule has 2 aromatic rings. The van der Waals surface area contributed by atoms with E-state index < -0.39 is 24.1 Å². The number of carboxylic acid groups (broad SMARTS) is 1. The molecule has 1 aliphatic heterocycles. The van der Waals surface area contributed by atoms with Crippen molar-refractivity contribution in [3.8, 4) is 11.1 Å². The van der Waals surface area contributed by atoms with Crippen LogP contribution < -0.4 is 5.32 Å². The highest BCUT2D eigenvalue weighted by molar-refractivity contribution is 5.89. The van der Waals surface area contributed by atoms with Crippen molar-refractivity contribution in [3.05, 3.63) is 59.7 Å². The molecule has 32 heavy (non-hydrogen) atoms. The van der Waals surface area contributed by atoms with Crippen molar-refractivity contribution in [3.63, 3.8) is 0 Å². The normalized spacial score (nSPS) is 18.0. The van der Waals surface area contributed by atoms with Gasteiger partial charge in [-0.3, -0.25) is 4.79 Å². The molecule has 7 heteroatoms. The first-order chi connectivity index (χ1) is 15.5. The molecule has 2 N–H and O–H groups in total. The van der Waals surface area contributed by atoms with Gasteiger partial charge in [0.2, 0.25) is 5.91 Å². The number of rotatable bonds is 7. The molecule has 1 unspecified atom stereocenters. The first-order valence-corrected chi connectivity index (χ1v) is 11.2. The molecule has 7 nitrogen and oxygen atoms in total. The number of ether oxygens (including phenoxy) is 1. The third-order valence-corrected chi connectivity index (χ3v) is 6.33. The van der Waals surface area contributed by atoms with Gasteiger partial charge in [-0.05, 0) is 41.5 Å². The third-order valence-electron chi connectivity index (χ3n) is 6.33. The second-order valence-electron chi connectivity index (χ2n) is 8.34. The van der Waals surface area contributed by atoms with Gasteiger partial charge in [-0.25, -0.2) is 9.59 Å². The molecule has 0 aromatic heterocycles. The smallest absolute Gasteiger partial charge is 0.407 e. The van der Waals surface area contributed by atoms with E-state index in [0.717, 1.165) is 22.3 Å². The Hall–Kier alpha value is -3.35. The molecule has 2 atom stereocenters. The van der Waals surface area contributed by atoms with Crippen LogP contribution in [0.4, 0.5) is 4.79 Å². The first-order valence-electron chi connectivity index (χ1n) is 11.2. The molecule has 0 spiro atoms. The van der Waals surface area contributed by atoms with Crippen molar-refractivity contribution in [1.29, 1.82) is 0 Å². The van der Waals surface area contributed by atoms with Crippen LogP contribution in [0, 0.1) is 0 Å². The fraction of sp³-hybridized carbons (Fsp3) is 0.400. The van der Waals surface area contributed by atoms with Gasteiger partial charge in [0, 0.05) is 12.5 Å². The van der Waals surface area contributed by atoms with Gasteiger partial charge in [-0.15, -0.1) is 0 Å². The van der Waals surface area contributed by atoms with Crippen LogP contribution in [0.2, 0.25) is 0 Å². The molecule has 4 rings (SSSR count). The number of carboxylic acids is 1. The zero-order chi connectivity index (χ0) is 22.7. The second kappa shape index (κ2) is 9.42. The van der Waals surface area contributed by atoms with Gasteiger partial charge >= 0.3 is 12.1 Å². The lowest BCUT2D eigenvalue weighted by Gasteiger charge is -2.27. The Morgan fingerprint density at radius 1 is 1.09 bits per heavy atom. The Morgan fingerprint density at radius 2 is 1.72 bits per heavy atom. The number of carbonyl (C=O) groups is 3. The highest BCUT2D eigenvalue weighted by Crippen LogP contribution is 2.44. The van der Waals surface area contributed by atoms with Crippen molar-refractivity contribution in [2.45, 2.75) is 50.6 Å². The lowest BCUT2D eigenvalue weighted by atomic mass is 9.98. The van der Waals surface area contributed by atoms with E-state index in [1.165, 1.54) is 4.90 Å². The fourth-order valence-electron chi connectivity index (χ4n) is 4.82. The minimum absolute atomic E-state index is 0.0663. The van der Waals surface area contributed by atoms with Crippen molar-refractivity contribution in [2.75, 3.05) is 13.2 Å². The molecule has 2 amide bonds. The Morgan fingerprint density at radius 3 is 2.31 bits per heavy atom. The molecule has 1 saturated heterocycles. The summed E-state index contributed by atoms with van der Waals surface area (Å²) in [7, 11) is 0. The Kier molecular flexibility index (Phi) is 6.44. The predicted molar refractivity (Wildman–Crippen MR) is 119 cm³/mol. The minimum Gasteiger partial charge on any atom is -0.480 e. The number of likely N-dealkylation sites (tertiary alicyclic amines) is 1. The van der Waals surface area contributed by atoms with E-state index in [-0.39, 0.29) is 18.4 Å². The maximum atomic E-state index is 13.0. The van der Waals surface area contributed by atoms with E-state index in [9.17, 15) is 19.5 Å². The molecular formula is C25H28N2O5. The van der Waals surface area contributed by atoms with Crippen molar-refractivity contribution in [1.82, 2.24) is 10.2 Å². The summed E-state index contributed by atoms with van der Waals surface area (Å²) in [5.41, 5.74) is 4.52. The van der Waals surface area contributed by atoms with Crippen LogP contribution in [-0.2, 0) is 14.3 Å². The Balaban J connectivity index is 1.42. The zero-order valence-corrected chi connectivity index (χ0v) is 18.1. The zero-order valence-electron chi connectivity index (χ0n) is 18.1. The number of aliphatic carboxylic acids is 1. The lowest BCUT2D eigenvalue weighted by molar-refractivity contribution is -0.149. The largest absolute Gasteiger partial charge is 0.480 e. The number of nitrogens with one attached hydrogen (secondary N) is 1. The summed E-state index contributed by atoms with van der Waals surface area (Å²) in [6.07, 6.45) is 1.51. The lowest BCUT2D eigenvalue weighted by Crippen LogP contribution is -2.51. The van der Waals surface area contributed by atoms with Crippen LogP contribution in [0.15, 0.2) is 48.5 Å². The van der Waals surface area contributed by atoms with Gasteiger partial charge in [0.15, 0.2) is 0 Å². The molecular weight excluding hydrogens is 408 g/mol. The predicted octanol–water partition coefficient (Wildman–Crippen LogP) is 3.77. The van der Waals surface area contributed by atoms with E-state index in [1.54, 1.807) is 0 Å². The first kappa shape index (κ1) is 21.9. The monoisotopic (exact) mass is 436 g/mol. The van der Waals surface area contributed by atoms with E-state index >= 15 is 0 Å². The van der Waals surface area contributed by atoms with E-state index in [4.69, 9.17) is 4.74 Å². The molecule has 0 saturated carbocycles. The summed E-state index contributed by atoms with van der Waals surface area (Å²) in [5.74, 6) is -1.43. The van der Waals surface area contributed by atoms with Gasteiger partial charge in [0.1, 0.15) is 18.7 Å². The quantitative estimate of drug-likeness (QED) is 0.689. The highest BCUT2D eigenvalue weighted by atomic mass is 16.5. The summed E-state index contributed by atoms with van der Waals surface area (Å²) in [5, 5.41) is 12.1. The fourth-order valence-corrected chi connectivity index (χ4v) is 4.82. The van der Waals surface area contributed by atoms with E-state index in [2.05, 4.69) is 17.4 Å². The summed E-state index contributed by atoms with van der Waals surface area (Å²) >= 11 is 0. The van der Waals surface area contributed by atoms with E-state index in [1.807, 2.05) is 43.3 Å². The molecule has 168 valence electrons. The number of hydrogen-bond acceptors (Lipinski definition) is 4. The van der Waals surface area contributed by atoms with Gasteiger partial charge in [0.25, 0.3) is 0 Å². The number of carbonyl (C=O) groups excluding carboxylic acids is 2. The van der Waals surface area contributed by atoms with Crippen LogP contribution in [-0.4, -0.2) is 53.2 Å². The number of nitrogens with zero attached hydrogens (tertiary/aromatic N) is 1. The molecule has 1 fully saturated rings. The molecule has 0 bridgehead atoms. The third kappa shape index (κ3) is 4.20. The average Bonchev–Trinajstić information content (AvgIpc) is 3.40. The summed E-state index contributed by atoms with van der Waals surface area (Å²) in [4.78, 5) is 38.4. The summed E-state index contributed by atoms with van der Waals surface area (Å²) in [6, 6.07) is 14.5. The van der Waals surface area contributed by atoms with Crippen LogP contribution >= 0.6 is 0 Å². The maximum absolute atomic E-state index is 13.0. The van der Waals surface area contributed by atoms with Gasteiger partial charge in [-0.1, -0.05) is 61.9 Å². The van der Waals surface area contributed by atoms with Crippen molar-refractivity contribution < 1.29 is 24.2 Å². The molecule has 2 aromatic carbocycles. The standard InChI is InChI=1S/C25H28N2O5/c1-2-8-21(23(28)27-14-7-13-22(27)24(29)30)26-25(31)32-15-20-18-11-5-3-9-16(18)17-10-4-6-12-19(17)20/h3-6,9-12,20-22H,2,7-8,13-15H2,1H3,(H,26,31)(H,29,30)/t21?,22-/m1/s1. The molecule has 0 radical (unpaired) electrons. The second-order valence-corrected chi connectivity index (χ2v) is 8.34. The topological polar surface area (TPSA) is 95.9 Å². The minimum atomic E-state index is -1.01. The van der Waals surface area contributed by atoms with Gasteiger partial charge in [-0.2, -0.15) is 0 Å². The number of alkyl carbamates (subject to hydrolysis) is 1. The van der Waals surface area contributed by atoms with Crippen molar-refractivity contribution >= 4 is 18.0 Å². The number of fused-ring (bicyclic) bond motifs is 3. The molecule has 2 aliphatic rings. The Bertz CT molecular complexity index is 975. The SMILES string of the molecule is CCCC(NC(=O)OCC1c2ccccc2-c2ccccc21)C(=O)N1CCC[C@@H]1C(=O)O. The Labute approximate surface area is 187 Å². The van der Waals surface area contributed by atoms with Crippen molar-refractivity contribution in [2.24, 2.45) is 0 Å². The molecule has 1 aliphatic carbocycles. The maximum Gasteiger partial charge on any atom is 0.407 e. The van der Waals surface area contributed by atoms with Crippen LogP contribution in [0.25, 0.3) is 11.1 Å². The van der Waals surface area contributed by atoms with Crippen LogP contribution in [0.5, 0.6) is 0 Å². The van der Waals surface area contributed by atoms with Gasteiger partial charge in [0.05, 0.1) is 0 Å². The number of benzene rings is 2. The summed E-state index contributed by atoms with van der Waals surface area (Å²) in [6.45, 7) is 2.47. The number of hydrogen-bond donors (Lipinski definition) is 2. The van der Waals surface area contributed by atoms with Crippen LogP contribution in [0.3, 0.4) is 0 Å². The summed E-state index contributed by atoms with van der Waals surface area (Å²) < 4.78 is 5.57. The van der Waals surface area contributed by atoms with E-state index in [0.29, 0.717) is 32.2 Å². The highest BCUT2D eigenvalue weighted by Gasteiger charge is 2.37. The van der Waals surface area contributed by atoms with Crippen LogP contribution in [0.1, 0.15) is 49.7 Å². The molecule has 1 heterocycles. The average molecular weight is 437 g/mol. The number of amides is 2. The van der Waals surface area contributed by atoms with Gasteiger partial charge < -0.3 is 20.1 Å².